The molecule has 0 aromatic heterocycles. The van der Waals surface area contributed by atoms with Crippen LogP contribution >= 0.6 is 15.9 Å². The Morgan fingerprint density at radius 3 is 2.21 bits per heavy atom. The topological polar surface area (TPSA) is 84.9 Å². The van der Waals surface area contributed by atoms with Gasteiger partial charge in [0.2, 0.25) is 5.91 Å². The summed E-state index contributed by atoms with van der Waals surface area (Å²) in [5.41, 5.74) is 1.16. The number of hydrogen-bond acceptors (Lipinski definition) is 5. The zero-order valence-electron chi connectivity index (χ0n) is 19.0. The van der Waals surface area contributed by atoms with Gasteiger partial charge in [-0.2, -0.15) is 0 Å². The molecule has 34 heavy (non-hydrogen) atoms. The van der Waals surface area contributed by atoms with Crippen molar-refractivity contribution in [2.24, 2.45) is 0 Å². The second-order valence-electron chi connectivity index (χ2n) is 7.21. The summed E-state index contributed by atoms with van der Waals surface area (Å²) in [7, 11) is -4.00. The number of halogens is 1. The van der Waals surface area contributed by atoms with Crippen molar-refractivity contribution >= 4 is 37.5 Å². The van der Waals surface area contributed by atoms with Crippen LogP contribution in [0.25, 0.3) is 0 Å². The summed E-state index contributed by atoms with van der Waals surface area (Å²) in [6.45, 7) is 4.57. The van der Waals surface area contributed by atoms with E-state index in [1.54, 1.807) is 36.4 Å². The second kappa shape index (κ2) is 11.9. The number of para-hydroxylation sites is 1. The monoisotopic (exact) mass is 546 g/mol. The molecule has 0 aliphatic heterocycles. The van der Waals surface area contributed by atoms with Crippen LogP contribution in [-0.4, -0.2) is 34.1 Å². The predicted octanol–water partition coefficient (Wildman–Crippen LogP) is 4.76. The summed E-state index contributed by atoms with van der Waals surface area (Å²) in [4.78, 5) is 13.0. The highest BCUT2D eigenvalue weighted by atomic mass is 79.9. The number of hydrogen-bond donors (Lipinski definition) is 1. The molecule has 1 amide bonds. The average molecular weight is 547 g/mol. The minimum absolute atomic E-state index is 0.0825. The fourth-order valence-electron chi connectivity index (χ4n) is 3.25. The highest BCUT2D eigenvalue weighted by Gasteiger charge is 2.27. The van der Waals surface area contributed by atoms with Crippen molar-refractivity contribution in [3.63, 3.8) is 0 Å². The van der Waals surface area contributed by atoms with Gasteiger partial charge in [0, 0.05) is 16.6 Å². The Bertz CT molecular complexity index is 1200. The van der Waals surface area contributed by atoms with Crippen molar-refractivity contribution in [3.8, 4) is 11.5 Å². The van der Waals surface area contributed by atoms with Crippen LogP contribution in [0, 0.1) is 0 Å². The molecule has 3 aromatic carbocycles. The van der Waals surface area contributed by atoms with E-state index in [9.17, 15) is 13.2 Å². The Hall–Kier alpha value is -3.04. The zero-order chi connectivity index (χ0) is 24.6. The van der Waals surface area contributed by atoms with E-state index < -0.39 is 15.9 Å². The first-order chi connectivity index (χ1) is 16.3. The molecule has 0 bridgehead atoms. The standard InChI is InChI=1S/C25H27BrN2O5S/c1-3-32-22-13-11-21(12-14-22)28(34(30,31)23-15-9-20(26)10-16-23)18-25(29)27-17-19-7-5-6-8-24(19)33-4-2/h5-16H,3-4,17-18H2,1-2H3,(H,27,29). The number of anilines is 1. The molecule has 0 heterocycles. The molecule has 3 aromatic rings. The summed E-state index contributed by atoms with van der Waals surface area (Å²) >= 11 is 3.32. The number of carbonyl (C=O) groups excluding carboxylic acids is 1. The van der Waals surface area contributed by atoms with Crippen molar-refractivity contribution in [2.45, 2.75) is 25.3 Å². The van der Waals surface area contributed by atoms with Crippen LogP contribution in [0.2, 0.25) is 0 Å². The summed E-state index contributed by atoms with van der Waals surface area (Å²) in [5.74, 6) is 0.848. The van der Waals surface area contributed by atoms with Gasteiger partial charge in [0.1, 0.15) is 18.0 Å². The van der Waals surface area contributed by atoms with Gasteiger partial charge < -0.3 is 14.8 Å². The first-order valence-electron chi connectivity index (χ1n) is 10.8. The molecule has 0 fully saturated rings. The van der Waals surface area contributed by atoms with Crippen LogP contribution in [-0.2, 0) is 21.4 Å². The van der Waals surface area contributed by atoms with Crippen LogP contribution < -0.4 is 19.1 Å². The average Bonchev–Trinajstić information content (AvgIpc) is 2.83. The normalized spacial score (nSPS) is 11.0. The lowest BCUT2D eigenvalue weighted by Gasteiger charge is -2.24. The fraction of sp³-hybridized carbons (Fsp3) is 0.240. The molecule has 0 aliphatic rings. The molecule has 0 spiro atoms. The predicted molar refractivity (Wildman–Crippen MR) is 136 cm³/mol. The maximum absolute atomic E-state index is 13.5. The minimum Gasteiger partial charge on any atom is -0.494 e. The van der Waals surface area contributed by atoms with Crippen LogP contribution in [0.4, 0.5) is 5.69 Å². The fourth-order valence-corrected chi connectivity index (χ4v) is 4.94. The van der Waals surface area contributed by atoms with Crippen molar-refractivity contribution in [1.29, 1.82) is 0 Å². The lowest BCUT2D eigenvalue weighted by molar-refractivity contribution is -0.119. The molecule has 1 N–H and O–H groups in total. The molecule has 7 nitrogen and oxygen atoms in total. The third kappa shape index (κ3) is 6.51. The molecule has 9 heteroatoms. The molecule has 0 atom stereocenters. The molecule has 0 saturated heterocycles. The number of carbonyl (C=O) groups is 1. The van der Waals surface area contributed by atoms with E-state index in [1.165, 1.54) is 12.1 Å². The van der Waals surface area contributed by atoms with E-state index in [4.69, 9.17) is 9.47 Å². The first-order valence-corrected chi connectivity index (χ1v) is 13.1. The summed E-state index contributed by atoms with van der Waals surface area (Å²) in [6, 6.07) is 20.3. The number of nitrogens with zero attached hydrogens (tertiary/aromatic N) is 1. The van der Waals surface area contributed by atoms with E-state index >= 15 is 0 Å². The lowest BCUT2D eigenvalue weighted by atomic mass is 10.2. The van der Waals surface area contributed by atoms with Crippen molar-refractivity contribution in [2.75, 3.05) is 24.1 Å². The number of amides is 1. The number of benzene rings is 3. The first kappa shape index (κ1) is 25.6. The summed E-state index contributed by atoms with van der Waals surface area (Å²) in [5, 5.41) is 2.81. The largest absolute Gasteiger partial charge is 0.494 e. The Balaban J connectivity index is 1.85. The molecule has 3 rings (SSSR count). The van der Waals surface area contributed by atoms with E-state index in [2.05, 4.69) is 21.2 Å². The molecule has 0 radical (unpaired) electrons. The van der Waals surface area contributed by atoms with E-state index in [0.29, 0.717) is 30.4 Å². The molecule has 0 unspecified atom stereocenters. The maximum Gasteiger partial charge on any atom is 0.264 e. The van der Waals surface area contributed by atoms with Gasteiger partial charge in [-0.05, 0) is 68.4 Å². The lowest BCUT2D eigenvalue weighted by Crippen LogP contribution is -2.40. The minimum atomic E-state index is -4.00. The Morgan fingerprint density at radius 1 is 0.912 bits per heavy atom. The molecule has 0 saturated carbocycles. The highest BCUT2D eigenvalue weighted by molar-refractivity contribution is 9.10. The second-order valence-corrected chi connectivity index (χ2v) is 9.99. The van der Waals surface area contributed by atoms with Gasteiger partial charge in [-0.1, -0.05) is 34.1 Å². The third-order valence-electron chi connectivity index (χ3n) is 4.87. The van der Waals surface area contributed by atoms with Crippen molar-refractivity contribution in [1.82, 2.24) is 5.32 Å². The van der Waals surface area contributed by atoms with Crippen molar-refractivity contribution < 1.29 is 22.7 Å². The quantitative estimate of drug-likeness (QED) is 0.374. The number of rotatable bonds is 11. The van der Waals surface area contributed by atoms with Gasteiger partial charge in [-0.15, -0.1) is 0 Å². The van der Waals surface area contributed by atoms with Crippen LogP contribution in [0.15, 0.2) is 82.2 Å². The SMILES string of the molecule is CCOc1ccc(N(CC(=O)NCc2ccccc2OCC)S(=O)(=O)c2ccc(Br)cc2)cc1. The van der Waals surface area contributed by atoms with Gasteiger partial charge in [0.05, 0.1) is 23.8 Å². The number of ether oxygens (including phenoxy) is 2. The van der Waals surface area contributed by atoms with Gasteiger partial charge in [0.15, 0.2) is 0 Å². The Kier molecular flexibility index (Phi) is 8.95. The van der Waals surface area contributed by atoms with E-state index in [0.717, 1.165) is 14.3 Å². The van der Waals surface area contributed by atoms with E-state index in [1.807, 2.05) is 38.1 Å². The van der Waals surface area contributed by atoms with Crippen LogP contribution in [0.5, 0.6) is 11.5 Å². The highest BCUT2D eigenvalue weighted by Crippen LogP contribution is 2.27. The maximum atomic E-state index is 13.5. The molecular formula is C25H27BrN2O5S. The number of sulfonamides is 1. The van der Waals surface area contributed by atoms with Crippen molar-refractivity contribution in [3.05, 3.63) is 82.8 Å². The van der Waals surface area contributed by atoms with Gasteiger partial charge >= 0.3 is 0 Å². The third-order valence-corrected chi connectivity index (χ3v) is 7.19. The Morgan fingerprint density at radius 2 is 1.56 bits per heavy atom. The van der Waals surface area contributed by atoms with Gasteiger partial charge in [-0.25, -0.2) is 8.42 Å². The van der Waals surface area contributed by atoms with Gasteiger partial charge in [0.25, 0.3) is 10.0 Å². The number of nitrogens with one attached hydrogen (secondary N) is 1. The molecule has 180 valence electrons. The smallest absolute Gasteiger partial charge is 0.264 e. The van der Waals surface area contributed by atoms with Gasteiger partial charge in [-0.3, -0.25) is 9.10 Å². The summed E-state index contributed by atoms with van der Waals surface area (Å²) in [6.07, 6.45) is 0. The van der Waals surface area contributed by atoms with E-state index in [-0.39, 0.29) is 18.0 Å². The Labute approximate surface area is 208 Å². The molecular weight excluding hydrogens is 520 g/mol. The van der Waals surface area contributed by atoms with Crippen LogP contribution in [0.1, 0.15) is 19.4 Å². The summed E-state index contributed by atoms with van der Waals surface area (Å²) < 4.78 is 39.9. The molecule has 0 aliphatic carbocycles. The zero-order valence-corrected chi connectivity index (χ0v) is 21.4. The van der Waals surface area contributed by atoms with Crippen LogP contribution in [0.3, 0.4) is 0 Å².